The van der Waals surface area contributed by atoms with E-state index in [1.165, 1.54) is 30.3 Å². The maximum atomic E-state index is 12.8. The molecule has 3 aromatic heterocycles. The molecule has 1 aliphatic heterocycles. The molecule has 0 atom stereocenters. The van der Waals surface area contributed by atoms with Crippen molar-refractivity contribution in [2.75, 3.05) is 31.5 Å². The van der Waals surface area contributed by atoms with Crippen LogP contribution < -0.4 is 25.4 Å². The van der Waals surface area contributed by atoms with Crippen molar-refractivity contribution in [3.63, 3.8) is 0 Å². The van der Waals surface area contributed by atoms with Crippen molar-refractivity contribution in [1.82, 2.24) is 40.0 Å². The number of amides is 4. The highest BCUT2D eigenvalue weighted by Gasteiger charge is 2.47. The van der Waals surface area contributed by atoms with Crippen LogP contribution in [0.1, 0.15) is 49.4 Å². The Balaban J connectivity index is 0.000000219. The predicted molar refractivity (Wildman–Crippen MR) is 275 cm³/mol. The van der Waals surface area contributed by atoms with E-state index in [1.807, 2.05) is 33.7 Å². The molecule has 1 aliphatic rings. The summed E-state index contributed by atoms with van der Waals surface area (Å²) in [5.41, 5.74) is -3.18. The Labute approximate surface area is 445 Å². The Morgan fingerprint density at radius 2 is 1.17 bits per heavy atom. The van der Waals surface area contributed by atoms with Gasteiger partial charge in [0, 0.05) is 49.7 Å². The quantitative estimate of drug-likeness (QED) is 0.0633. The number of anilines is 1. The number of carbonyl (C=O) groups is 4. The number of sulfonamides is 2. The van der Waals surface area contributed by atoms with Crippen LogP contribution in [-0.2, 0) is 52.6 Å². The summed E-state index contributed by atoms with van der Waals surface area (Å²) in [7, 11) is -13.6. The lowest BCUT2D eigenvalue weighted by atomic mass is 10.0. The first kappa shape index (κ1) is 56.4. The number of alkyl halides is 3. The van der Waals surface area contributed by atoms with E-state index in [1.54, 1.807) is 47.4 Å². The number of thiophene rings is 2. The molecular weight excluding hydrogens is 1130 g/mol. The number of nitrogens with zero attached hydrogens (tertiary/aromatic N) is 4. The maximum Gasteiger partial charge on any atom is 0.501 e. The number of nitrogens with one attached hydrogen (secondary N) is 5. The molecule has 8 rings (SSSR count). The minimum Gasteiger partial charge on any atom is -0.347 e. The fraction of sp³-hybridized carbons (Fsp3) is 0.217. The van der Waals surface area contributed by atoms with Gasteiger partial charge in [-0.15, -0.1) is 27.8 Å². The summed E-state index contributed by atoms with van der Waals surface area (Å²) in [5.74, 6) is -1.90. The predicted octanol–water partition coefficient (Wildman–Crippen LogP) is 6.76. The van der Waals surface area contributed by atoms with Gasteiger partial charge in [-0.2, -0.15) is 13.2 Å². The zero-order chi connectivity index (χ0) is 54.1. The smallest absolute Gasteiger partial charge is 0.347 e. The third-order valence-corrected chi connectivity index (χ3v) is 18.9. The SMILES string of the molecule is O=C(CNS(=O)(=O)c1ccc(CNC(=O)c2ccc(Cl)cc2)s1)Nc1cccc(S(=O)(=O)C(F)(F)F)c1.O=C(NCc1ccc(S(=O)(=O)NCC(=O)N2CCC(n3nnc4ccccc43)CC2)s1)c1ccc(Cl)cc1. The molecular formula is C46H42Cl2F3N9O10S5. The van der Waals surface area contributed by atoms with E-state index in [0.29, 0.717) is 69.0 Å². The van der Waals surface area contributed by atoms with Crippen molar-refractivity contribution >= 4 is 116 Å². The molecule has 75 heavy (non-hydrogen) atoms. The number of halogens is 5. The number of carbonyl (C=O) groups excluding carboxylic acids is 4. The van der Waals surface area contributed by atoms with Crippen LogP contribution >= 0.6 is 45.9 Å². The lowest BCUT2D eigenvalue weighted by Crippen LogP contribution is -2.44. The molecule has 5 N–H and O–H groups in total. The van der Waals surface area contributed by atoms with Crippen molar-refractivity contribution in [2.45, 2.75) is 50.8 Å². The number of sulfone groups is 1. The summed E-state index contributed by atoms with van der Waals surface area (Å²) < 4.78 is 118. The number of fused-ring (bicyclic) bond motifs is 1. The maximum absolute atomic E-state index is 12.8. The molecule has 1 saturated heterocycles. The van der Waals surface area contributed by atoms with Gasteiger partial charge in [-0.25, -0.2) is 39.4 Å². The molecule has 19 nitrogen and oxygen atoms in total. The average molecular weight is 1170 g/mol. The molecule has 4 amide bonds. The summed E-state index contributed by atoms with van der Waals surface area (Å²) in [4.78, 5) is 51.1. The minimum absolute atomic E-state index is 0.0410. The third kappa shape index (κ3) is 14.8. The first-order valence-electron chi connectivity index (χ1n) is 22.0. The van der Waals surface area contributed by atoms with Gasteiger partial charge >= 0.3 is 5.51 Å². The normalized spacial score (nSPS) is 13.4. The van der Waals surface area contributed by atoms with Gasteiger partial charge in [-0.1, -0.05) is 46.6 Å². The fourth-order valence-electron chi connectivity index (χ4n) is 7.10. The molecule has 0 saturated carbocycles. The molecule has 4 aromatic carbocycles. The van der Waals surface area contributed by atoms with Gasteiger partial charge in [-0.05, 0) is 116 Å². The lowest BCUT2D eigenvalue weighted by molar-refractivity contribution is -0.131. The zero-order valence-electron chi connectivity index (χ0n) is 38.6. The second kappa shape index (κ2) is 24.1. The number of benzene rings is 4. The van der Waals surface area contributed by atoms with Crippen LogP contribution in [0, 0.1) is 0 Å². The summed E-state index contributed by atoms with van der Waals surface area (Å²) >= 11 is 13.5. The number of rotatable bonds is 17. The lowest BCUT2D eigenvalue weighted by Gasteiger charge is -2.32. The monoisotopic (exact) mass is 1170 g/mol. The van der Waals surface area contributed by atoms with Crippen molar-refractivity contribution in [3.05, 3.63) is 152 Å². The van der Waals surface area contributed by atoms with E-state index in [2.05, 4.69) is 31.0 Å². The molecule has 4 heterocycles. The van der Waals surface area contributed by atoms with Gasteiger partial charge in [0.1, 0.15) is 13.9 Å². The van der Waals surface area contributed by atoms with Crippen molar-refractivity contribution in [1.29, 1.82) is 0 Å². The largest absolute Gasteiger partial charge is 0.501 e. The van der Waals surface area contributed by atoms with Crippen molar-refractivity contribution < 1.29 is 57.6 Å². The van der Waals surface area contributed by atoms with Gasteiger partial charge in [0.05, 0.1) is 42.6 Å². The molecule has 1 fully saturated rings. The number of likely N-dealkylation sites (tertiary alicyclic amines) is 1. The molecule has 0 aliphatic carbocycles. The molecule has 396 valence electrons. The van der Waals surface area contributed by atoms with E-state index >= 15 is 0 Å². The van der Waals surface area contributed by atoms with Crippen LogP contribution in [0.5, 0.6) is 0 Å². The van der Waals surface area contributed by atoms with E-state index in [9.17, 15) is 57.6 Å². The zero-order valence-corrected chi connectivity index (χ0v) is 44.2. The molecule has 0 spiro atoms. The van der Waals surface area contributed by atoms with Crippen molar-refractivity contribution in [2.24, 2.45) is 0 Å². The Hall–Kier alpha value is -6.30. The summed E-state index contributed by atoms with van der Waals surface area (Å²) in [6.45, 7) is 0.139. The molecule has 0 radical (unpaired) electrons. The van der Waals surface area contributed by atoms with Crippen LogP contribution in [0.25, 0.3) is 11.0 Å². The van der Waals surface area contributed by atoms with Gasteiger partial charge < -0.3 is 20.9 Å². The molecule has 0 unspecified atom stereocenters. The van der Waals surface area contributed by atoms with Gasteiger partial charge in [-0.3, -0.25) is 19.2 Å². The number of aromatic nitrogens is 3. The highest BCUT2D eigenvalue weighted by molar-refractivity contribution is 7.92. The van der Waals surface area contributed by atoms with Gasteiger partial charge in [0.15, 0.2) is 0 Å². The Morgan fingerprint density at radius 3 is 1.71 bits per heavy atom. The van der Waals surface area contributed by atoms with E-state index in [-0.39, 0.29) is 51.6 Å². The molecule has 29 heteroatoms. The number of hydrogen-bond donors (Lipinski definition) is 5. The second-order valence-corrected chi connectivity index (χ2v) is 25.3. The van der Waals surface area contributed by atoms with Crippen LogP contribution in [0.2, 0.25) is 10.0 Å². The average Bonchev–Trinajstić information content (AvgIpc) is 4.18. The van der Waals surface area contributed by atoms with Crippen LogP contribution in [0.15, 0.2) is 135 Å². The van der Waals surface area contributed by atoms with Gasteiger partial charge in [0.2, 0.25) is 11.8 Å². The molecule has 7 aromatic rings. The second-order valence-electron chi connectivity index (χ2n) is 16.1. The number of hydrogen-bond acceptors (Lipinski definition) is 14. The minimum atomic E-state index is -5.62. The van der Waals surface area contributed by atoms with Crippen LogP contribution in [-0.4, -0.2) is 100 Å². The Morgan fingerprint density at radius 1 is 0.653 bits per heavy atom. The summed E-state index contributed by atoms with van der Waals surface area (Å²) in [6.07, 6.45) is 1.42. The van der Waals surface area contributed by atoms with Crippen LogP contribution in [0.4, 0.5) is 18.9 Å². The Bertz CT molecular complexity index is 3550. The fourth-order valence-corrected chi connectivity index (χ4v) is 12.8. The third-order valence-electron chi connectivity index (χ3n) is 11.0. The highest BCUT2D eigenvalue weighted by Crippen LogP contribution is 2.32. The number of piperidine rings is 1. The van der Waals surface area contributed by atoms with Crippen molar-refractivity contribution in [3.8, 4) is 0 Å². The van der Waals surface area contributed by atoms with Crippen LogP contribution in [0.3, 0.4) is 0 Å². The Kier molecular flexibility index (Phi) is 18.2. The summed E-state index contributed by atoms with van der Waals surface area (Å²) in [5, 5.41) is 17.0. The number of para-hydroxylation sites is 1. The van der Waals surface area contributed by atoms with Gasteiger partial charge in [0.25, 0.3) is 41.7 Å². The highest BCUT2D eigenvalue weighted by atomic mass is 35.5. The first-order chi connectivity index (χ1) is 35.5. The van der Waals surface area contributed by atoms with E-state index in [4.69, 9.17) is 23.2 Å². The summed E-state index contributed by atoms with van der Waals surface area (Å²) in [6, 6.07) is 29.9. The van der Waals surface area contributed by atoms with E-state index in [0.717, 1.165) is 45.8 Å². The topological polar surface area (TPSA) is 265 Å². The van der Waals surface area contributed by atoms with E-state index < -0.39 is 58.6 Å². The first-order valence-corrected chi connectivity index (χ1v) is 28.9. The standard InChI is InChI=1S/C25H25ClN6O4S2.C21H17ClF3N3O6S3/c26-18-7-5-17(6-8-18)25(34)27-15-20-9-10-24(37-20)38(35,36)28-16-23(33)31-13-11-19(12-14-31)32-22-4-2-1-3-21(22)29-30-32;22-14-6-4-13(5-7-14)20(30)26-11-16-8-9-19(35-16)37(33,34)27-12-18(29)28-15-2-1-3-17(10-15)36(31,32)21(23,24)25/h1-10,19,28H,11-16H2,(H,27,34);1-10,27H,11-12H2,(H,26,30)(H,28,29). The molecule has 0 bridgehead atoms.